The second-order valence-corrected chi connectivity index (χ2v) is 5.17. The summed E-state index contributed by atoms with van der Waals surface area (Å²) in [7, 11) is 0. The molecule has 0 bridgehead atoms. The highest BCUT2D eigenvalue weighted by molar-refractivity contribution is 6.31. The minimum Gasteiger partial charge on any atom is -0.330 e. The molecule has 0 radical (unpaired) electrons. The molecule has 0 fully saturated rings. The summed E-state index contributed by atoms with van der Waals surface area (Å²) in [6.45, 7) is 1.50. The van der Waals surface area contributed by atoms with Gasteiger partial charge in [0, 0.05) is 17.6 Å². The smallest absolute Gasteiger partial charge is 0.251 e. The summed E-state index contributed by atoms with van der Waals surface area (Å²) in [5, 5.41) is 1.70. The zero-order valence-electron chi connectivity index (χ0n) is 10.9. The van der Waals surface area contributed by atoms with Crippen LogP contribution in [0, 0.1) is 0 Å². The maximum absolute atomic E-state index is 11.9. The van der Waals surface area contributed by atoms with Gasteiger partial charge >= 0.3 is 0 Å². The molecule has 0 aliphatic carbocycles. The number of pyridine rings is 1. The number of aromatic nitrogens is 1. The summed E-state index contributed by atoms with van der Waals surface area (Å²) in [6.07, 6.45) is 4.29. The van der Waals surface area contributed by atoms with Crippen molar-refractivity contribution >= 4 is 22.5 Å². The zero-order valence-corrected chi connectivity index (χ0v) is 11.7. The molecule has 2 aromatic rings. The van der Waals surface area contributed by atoms with Crippen molar-refractivity contribution in [2.75, 3.05) is 6.54 Å². The van der Waals surface area contributed by atoms with Gasteiger partial charge in [-0.15, -0.1) is 0 Å². The molecule has 2 rings (SSSR count). The normalized spacial score (nSPS) is 11.1. The van der Waals surface area contributed by atoms with Crippen molar-refractivity contribution in [1.82, 2.24) is 4.57 Å². The van der Waals surface area contributed by atoms with E-state index in [2.05, 4.69) is 0 Å². The number of halogens is 1. The Morgan fingerprint density at radius 2 is 1.84 bits per heavy atom. The first-order valence-corrected chi connectivity index (χ1v) is 7.09. The van der Waals surface area contributed by atoms with Crippen LogP contribution in [0.15, 0.2) is 35.1 Å². The highest BCUT2D eigenvalue weighted by atomic mass is 35.5. The molecule has 19 heavy (non-hydrogen) atoms. The van der Waals surface area contributed by atoms with E-state index in [1.165, 1.54) is 0 Å². The van der Waals surface area contributed by atoms with Crippen LogP contribution in [0.25, 0.3) is 10.9 Å². The Balaban J connectivity index is 2.17. The molecule has 3 nitrogen and oxygen atoms in total. The summed E-state index contributed by atoms with van der Waals surface area (Å²) in [5.41, 5.74) is 6.47. The summed E-state index contributed by atoms with van der Waals surface area (Å²) >= 11 is 5.97. The van der Waals surface area contributed by atoms with Gasteiger partial charge in [0.2, 0.25) is 0 Å². The lowest BCUT2D eigenvalue weighted by molar-refractivity contribution is 0.575. The van der Waals surface area contributed by atoms with E-state index in [1.54, 1.807) is 6.07 Å². The fraction of sp³-hybridized carbons (Fsp3) is 0.400. The number of aryl methyl sites for hydroxylation is 1. The van der Waals surface area contributed by atoms with Crippen LogP contribution in [-0.2, 0) is 6.54 Å². The predicted octanol–water partition coefficient (Wildman–Crippen LogP) is 3.17. The van der Waals surface area contributed by atoms with Crippen molar-refractivity contribution in [1.29, 1.82) is 0 Å². The van der Waals surface area contributed by atoms with Crippen LogP contribution < -0.4 is 11.3 Å². The van der Waals surface area contributed by atoms with Gasteiger partial charge in [0.15, 0.2) is 0 Å². The van der Waals surface area contributed by atoms with Crippen LogP contribution >= 0.6 is 11.6 Å². The molecular weight excluding hydrogens is 260 g/mol. The fourth-order valence-electron chi connectivity index (χ4n) is 2.27. The Morgan fingerprint density at radius 3 is 2.63 bits per heavy atom. The van der Waals surface area contributed by atoms with Crippen LogP contribution in [0.5, 0.6) is 0 Å². The Morgan fingerprint density at radius 1 is 1.05 bits per heavy atom. The number of benzene rings is 1. The summed E-state index contributed by atoms with van der Waals surface area (Å²) in [4.78, 5) is 11.9. The fourth-order valence-corrected chi connectivity index (χ4v) is 2.45. The van der Waals surface area contributed by atoms with Crippen LogP contribution in [0.1, 0.15) is 25.7 Å². The lowest BCUT2D eigenvalue weighted by atomic mass is 10.1. The molecule has 1 aromatic heterocycles. The molecule has 1 aromatic carbocycles. The van der Waals surface area contributed by atoms with Crippen LogP contribution in [0.4, 0.5) is 0 Å². The minimum atomic E-state index is 0.0497. The molecule has 102 valence electrons. The van der Waals surface area contributed by atoms with Gasteiger partial charge in [-0.3, -0.25) is 4.79 Å². The molecule has 0 aliphatic rings. The molecule has 1 heterocycles. The molecule has 0 unspecified atom stereocenters. The average molecular weight is 279 g/mol. The highest BCUT2D eigenvalue weighted by Crippen LogP contribution is 2.18. The van der Waals surface area contributed by atoms with Crippen molar-refractivity contribution in [2.24, 2.45) is 5.73 Å². The summed E-state index contributed by atoms with van der Waals surface area (Å²) in [5.74, 6) is 0. The molecule has 4 heteroatoms. The van der Waals surface area contributed by atoms with E-state index >= 15 is 0 Å². The number of nitrogens with zero attached hydrogens (tertiary/aromatic N) is 1. The molecule has 0 spiro atoms. The molecule has 0 saturated heterocycles. The lowest BCUT2D eigenvalue weighted by Gasteiger charge is -2.10. The summed E-state index contributed by atoms with van der Waals surface area (Å²) in [6, 6.07) is 9.07. The van der Waals surface area contributed by atoms with Gasteiger partial charge in [-0.2, -0.15) is 0 Å². The minimum absolute atomic E-state index is 0.0497. The molecule has 0 atom stereocenters. The van der Waals surface area contributed by atoms with Gasteiger partial charge in [0.05, 0.1) is 5.52 Å². The quantitative estimate of drug-likeness (QED) is 0.825. The first kappa shape index (κ1) is 14.1. The van der Waals surface area contributed by atoms with Crippen LogP contribution in [0.2, 0.25) is 5.02 Å². The van der Waals surface area contributed by atoms with Crippen molar-refractivity contribution in [3.05, 3.63) is 45.7 Å². The highest BCUT2D eigenvalue weighted by Gasteiger charge is 2.03. The molecule has 0 aliphatic heterocycles. The molecule has 0 amide bonds. The number of hydrogen-bond donors (Lipinski definition) is 1. The van der Waals surface area contributed by atoms with Crippen molar-refractivity contribution in [3.63, 3.8) is 0 Å². The van der Waals surface area contributed by atoms with Gasteiger partial charge in [-0.25, -0.2) is 0 Å². The molecule has 0 saturated carbocycles. The van der Waals surface area contributed by atoms with Crippen LogP contribution in [-0.4, -0.2) is 11.1 Å². The van der Waals surface area contributed by atoms with Gasteiger partial charge in [-0.05, 0) is 49.0 Å². The average Bonchev–Trinajstić information content (AvgIpc) is 2.41. The predicted molar refractivity (Wildman–Crippen MR) is 80.7 cm³/mol. The first-order chi connectivity index (χ1) is 9.22. The van der Waals surface area contributed by atoms with E-state index < -0.39 is 0 Å². The number of nitrogens with two attached hydrogens (primary N) is 1. The number of rotatable bonds is 6. The number of unbranched alkanes of at least 4 members (excludes halogenated alkanes) is 3. The van der Waals surface area contributed by atoms with Gasteiger partial charge < -0.3 is 10.3 Å². The molecule has 2 N–H and O–H groups in total. The van der Waals surface area contributed by atoms with Gasteiger partial charge in [0.1, 0.15) is 0 Å². The monoisotopic (exact) mass is 278 g/mol. The van der Waals surface area contributed by atoms with Crippen molar-refractivity contribution in [2.45, 2.75) is 32.2 Å². The third-order valence-electron chi connectivity index (χ3n) is 3.29. The van der Waals surface area contributed by atoms with Crippen molar-refractivity contribution < 1.29 is 0 Å². The van der Waals surface area contributed by atoms with E-state index in [0.29, 0.717) is 5.02 Å². The van der Waals surface area contributed by atoms with Gasteiger partial charge in [-0.1, -0.05) is 24.4 Å². The second-order valence-electron chi connectivity index (χ2n) is 4.73. The Hall–Kier alpha value is -1.32. The van der Waals surface area contributed by atoms with E-state index in [-0.39, 0.29) is 5.56 Å². The lowest BCUT2D eigenvalue weighted by Crippen LogP contribution is -2.19. The van der Waals surface area contributed by atoms with Gasteiger partial charge in [0.25, 0.3) is 5.56 Å². The summed E-state index contributed by atoms with van der Waals surface area (Å²) < 4.78 is 1.83. The molecular formula is C15H19ClN2O. The van der Waals surface area contributed by atoms with E-state index in [1.807, 2.05) is 28.8 Å². The number of hydrogen-bond acceptors (Lipinski definition) is 2. The zero-order chi connectivity index (χ0) is 13.7. The first-order valence-electron chi connectivity index (χ1n) is 6.71. The standard InChI is InChI=1S/C15H19ClN2O/c16-13-6-7-14-12(11-13)5-8-15(19)18(14)10-4-2-1-3-9-17/h5-8,11H,1-4,9-10,17H2. The topological polar surface area (TPSA) is 48.0 Å². The number of fused-ring (bicyclic) bond motifs is 1. The Bertz CT molecular complexity index is 607. The Kier molecular flexibility index (Phi) is 5.00. The van der Waals surface area contributed by atoms with E-state index in [9.17, 15) is 4.79 Å². The third kappa shape index (κ3) is 3.58. The largest absolute Gasteiger partial charge is 0.330 e. The maximum Gasteiger partial charge on any atom is 0.251 e. The third-order valence-corrected chi connectivity index (χ3v) is 3.52. The van der Waals surface area contributed by atoms with E-state index in [0.717, 1.165) is 49.7 Å². The SMILES string of the molecule is NCCCCCCn1c(=O)ccc2cc(Cl)ccc21. The second kappa shape index (κ2) is 6.73. The maximum atomic E-state index is 11.9. The van der Waals surface area contributed by atoms with Crippen LogP contribution in [0.3, 0.4) is 0 Å². The van der Waals surface area contributed by atoms with Crippen molar-refractivity contribution in [3.8, 4) is 0 Å². The van der Waals surface area contributed by atoms with E-state index in [4.69, 9.17) is 17.3 Å². The Labute approximate surface area is 118 Å².